The van der Waals surface area contributed by atoms with E-state index in [4.69, 9.17) is 0 Å². The van der Waals surface area contributed by atoms with Crippen LogP contribution in [0.5, 0.6) is 0 Å². The van der Waals surface area contributed by atoms with Crippen molar-refractivity contribution in [3.05, 3.63) is 0 Å². The quantitative estimate of drug-likeness (QED) is 0.638. The SMILES string of the molecule is O=C([O-])CC1(CC(=O)[O-])CCCCC1.[Ag]. The summed E-state index contributed by atoms with van der Waals surface area (Å²) in [6.07, 6.45) is 3.88. The number of carboxylic acids is 2. The van der Waals surface area contributed by atoms with Crippen LogP contribution in [0.2, 0.25) is 0 Å². The first kappa shape index (κ1) is 14.7. The molecule has 1 aliphatic rings. The fourth-order valence-electron chi connectivity index (χ4n) is 2.33. The van der Waals surface area contributed by atoms with Crippen molar-refractivity contribution in [1.29, 1.82) is 0 Å². The molecule has 0 N–H and O–H groups in total. The Kier molecular flexibility index (Phi) is 6.17. The molecule has 1 radical (unpaired) electrons. The molecule has 4 nitrogen and oxygen atoms in total. The molecule has 1 fully saturated rings. The van der Waals surface area contributed by atoms with Crippen LogP contribution in [0, 0.1) is 5.41 Å². The third-order valence-electron chi connectivity index (χ3n) is 2.95. The summed E-state index contributed by atoms with van der Waals surface area (Å²) in [6, 6.07) is 0. The Morgan fingerprint density at radius 2 is 1.33 bits per heavy atom. The van der Waals surface area contributed by atoms with E-state index in [0.29, 0.717) is 12.8 Å². The van der Waals surface area contributed by atoms with Crippen LogP contribution in [-0.2, 0) is 32.0 Å². The fourth-order valence-corrected chi connectivity index (χ4v) is 2.33. The number of carbonyl (C=O) groups excluding carboxylic acids is 2. The van der Waals surface area contributed by atoms with E-state index in [9.17, 15) is 19.8 Å². The Labute approximate surface area is 105 Å². The van der Waals surface area contributed by atoms with Crippen LogP contribution in [-0.4, -0.2) is 11.9 Å². The molecule has 0 aromatic heterocycles. The normalized spacial score (nSPS) is 18.9. The van der Waals surface area contributed by atoms with Gasteiger partial charge in [0.2, 0.25) is 0 Å². The molecule has 1 aliphatic carbocycles. The first-order valence-corrected chi connectivity index (χ1v) is 4.94. The minimum absolute atomic E-state index is 0. The average molecular weight is 306 g/mol. The summed E-state index contributed by atoms with van der Waals surface area (Å²) >= 11 is 0. The second kappa shape index (κ2) is 6.30. The Morgan fingerprint density at radius 1 is 0.933 bits per heavy atom. The van der Waals surface area contributed by atoms with Crippen LogP contribution in [0.25, 0.3) is 0 Å². The second-order valence-corrected chi connectivity index (χ2v) is 4.16. The van der Waals surface area contributed by atoms with Crippen molar-refractivity contribution in [3.8, 4) is 0 Å². The van der Waals surface area contributed by atoms with E-state index in [-0.39, 0.29) is 35.2 Å². The molecule has 0 aliphatic heterocycles. The van der Waals surface area contributed by atoms with E-state index in [2.05, 4.69) is 0 Å². The second-order valence-electron chi connectivity index (χ2n) is 4.16. The van der Waals surface area contributed by atoms with E-state index in [0.717, 1.165) is 19.3 Å². The smallest absolute Gasteiger partial charge is 0.0419 e. The molecule has 15 heavy (non-hydrogen) atoms. The Morgan fingerprint density at radius 3 is 1.67 bits per heavy atom. The number of hydrogen-bond acceptors (Lipinski definition) is 4. The molecule has 0 atom stereocenters. The van der Waals surface area contributed by atoms with Crippen molar-refractivity contribution in [1.82, 2.24) is 0 Å². The van der Waals surface area contributed by atoms with E-state index in [1.165, 1.54) is 0 Å². The predicted octanol–water partition coefficient (Wildman–Crippen LogP) is -0.786. The minimum Gasteiger partial charge on any atom is -0.550 e. The summed E-state index contributed by atoms with van der Waals surface area (Å²) in [7, 11) is 0. The molecular formula is C10H14AgO4-2. The van der Waals surface area contributed by atoms with Crippen LogP contribution in [0.4, 0.5) is 0 Å². The maximum absolute atomic E-state index is 10.5. The molecule has 0 saturated heterocycles. The molecule has 0 aromatic carbocycles. The minimum atomic E-state index is -1.16. The maximum Gasteiger partial charge on any atom is 0.0419 e. The van der Waals surface area contributed by atoms with Gasteiger partial charge in [-0.25, -0.2) is 0 Å². The maximum atomic E-state index is 10.5. The van der Waals surface area contributed by atoms with Gasteiger partial charge < -0.3 is 19.8 Å². The van der Waals surface area contributed by atoms with Crippen LogP contribution in [0.3, 0.4) is 0 Å². The van der Waals surface area contributed by atoms with Crippen LogP contribution < -0.4 is 10.2 Å². The average Bonchev–Trinajstić information content (AvgIpc) is 2.01. The summed E-state index contributed by atoms with van der Waals surface area (Å²) in [5, 5.41) is 21.1. The molecule has 0 amide bonds. The van der Waals surface area contributed by atoms with Gasteiger partial charge in [-0.3, -0.25) is 0 Å². The van der Waals surface area contributed by atoms with Gasteiger partial charge >= 0.3 is 0 Å². The van der Waals surface area contributed by atoms with Gasteiger partial charge in [0.25, 0.3) is 0 Å². The topological polar surface area (TPSA) is 80.3 Å². The first-order chi connectivity index (χ1) is 6.54. The van der Waals surface area contributed by atoms with Crippen molar-refractivity contribution in [3.63, 3.8) is 0 Å². The Balaban J connectivity index is 0.00000196. The third-order valence-corrected chi connectivity index (χ3v) is 2.95. The van der Waals surface area contributed by atoms with E-state index in [1.54, 1.807) is 0 Å². The van der Waals surface area contributed by atoms with Crippen molar-refractivity contribution in [2.45, 2.75) is 44.9 Å². The van der Waals surface area contributed by atoms with Crippen molar-refractivity contribution in [2.75, 3.05) is 0 Å². The zero-order chi connectivity index (χ0) is 10.6. The summed E-state index contributed by atoms with van der Waals surface area (Å²) in [4.78, 5) is 21.1. The predicted molar refractivity (Wildman–Crippen MR) is 44.8 cm³/mol. The summed E-state index contributed by atoms with van der Waals surface area (Å²) < 4.78 is 0. The van der Waals surface area contributed by atoms with Gasteiger partial charge in [-0.15, -0.1) is 0 Å². The Hall–Kier alpha value is -0.320. The van der Waals surface area contributed by atoms with Crippen LogP contribution in [0.15, 0.2) is 0 Å². The van der Waals surface area contributed by atoms with E-state index >= 15 is 0 Å². The number of rotatable bonds is 4. The largest absolute Gasteiger partial charge is 0.550 e. The fraction of sp³-hybridized carbons (Fsp3) is 0.800. The molecule has 1 rings (SSSR count). The van der Waals surface area contributed by atoms with Crippen LogP contribution in [0.1, 0.15) is 44.9 Å². The van der Waals surface area contributed by atoms with Crippen molar-refractivity contribution < 1.29 is 42.2 Å². The molecular weight excluding hydrogens is 292 g/mol. The van der Waals surface area contributed by atoms with Gasteiger partial charge in [-0.1, -0.05) is 19.3 Å². The van der Waals surface area contributed by atoms with Gasteiger partial charge in [0.15, 0.2) is 0 Å². The zero-order valence-electron chi connectivity index (χ0n) is 8.38. The van der Waals surface area contributed by atoms with Gasteiger partial charge in [0, 0.05) is 34.3 Å². The van der Waals surface area contributed by atoms with Gasteiger partial charge in [0.1, 0.15) is 0 Å². The first-order valence-electron chi connectivity index (χ1n) is 4.94. The molecule has 0 aromatic rings. The van der Waals surface area contributed by atoms with Gasteiger partial charge in [0.05, 0.1) is 0 Å². The zero-order valence-corrected chi connectivity index (χ0v) is 9.87. The van der Waals surface area contributed by atoms with Gasteiger partial charge in [-0.2, -0.15) is 0 Å². The van der Waals surface area contributed by atoms with E-state index in [1.807, 2.05) is 0 Å². The number of carbonyl (C=O) groups is 2. The van der Waals surface area contributed by atoms with E-state index < -0.39 is 17.4 Å². The summed E-state index contributed by atoms with van der Waals surface area (Å²) in [5.41, 5.74) is -0.601. The summed E-state index contributed by atoms with van der Waals surface area (Å²) in [5.74, 6) is -2.32. The molecule has 5 heteroatoms. The molecule has 0 unspecified atom stereocenters. The Bertz CT molecular complexity index is 216. The van der Waals surface area contributed by atoms with Gasteiger partial charge in [-0.05, 0) is 31.1 Å². The van der Waals surface area contributed by atoms with Crippen molar-refractivity contribution in [2.24, 2.45) is 5.41 Å². The monoisotopic (exact) mass is 305 g/mol. The molecule has 91 valence electrons. The molecule has 1 saturated carbocycles. The van der Waals surface area contributed by atoms with Crippen LogP contribution >= 0.6 is 0 Å². The molecule has 0 heterocycles. The number of aliphatic carboxylic acids is 2. The third kappa shape index (κ3) is 4.82. The number of hydrogen-bond donors (Lipinski definition) is 0. The standard InChI is InChI=1S/C10H16O4.Ag/c11-8(12)6-10(7-9(13)14)4-2-1-3-5-10;/h1-7H2,(H,11,12)(H,13,14);/p-2. The molecule has 0 bridgehead atoms. The van der Waals surface area contributed by atoms with Crippen molar-refractivity contribution >= 4 is 11.9 Å². The molecule has 0 spiro atoms. The number of carboxylic acid groups (broad SMARTS) is 2. The summed E-state index contributed by atoms with van der Waals surface area (Å²) in [6.45, 7) is 0.